The molecule has 0 amide bonds. The Hall–Kier alpha value is -1.70. The van der Waals surface area contributed by atoms with Crippen molar-refractivity contribution in [3.63, 3.8) is 0 Å². The van der Waals surface area contributed by atoms with Gasteiger partial charge in [0.25, 0.3) is 0 Å². The van der Waals surface area contributed by atoms with Gasteiger partial charge < -0.3 is 4.57 Å². The van der Waals surface area contributed by atoms with Gasteiger partial charge in [0.05, 0.1) is 8.07 Å². The summed E-state index contributed by atoms with van der Waals surface area (Å²) < 4.78 is 3.12. The number of rotatable bonds is 1. The van der Waals surface area contributed by atoms with E-state index in [2.05, 4.69) is 104 Å². The number of aromatic nitrogens is 1. The minimum absolute atomic E-state index is 0.721. The number of nitrogens with zero attached hydrogens (tertiary/aromatic N) is 1. The van der Waals surface area contributed by atoms with Crippen LogP contribution in [0.5, 0.6) is 0 Å². The van der Waals surface area contributed by atoms with Gasteiger partial charge in [-0.15, -0.1) is 0 Å². The second kappa shape index (κ2) is 6.93. The fourth-order valence-electron chi connectivity index (χ4n) is 5.61. The van der Waals surface area contributed by atoms with Crippen molar-refractivity contribution in [2.45, 2.75) is 36.1 Å². The van der Waals surface area contributed by atoms with Crippen LogP contribution in [0.3, 0.4) is 0 Å². The molecule has 1 aromatic heterocycles. The summed E-state index contributed by atoms with van der Waals surface area (Å²) in [4.78, 5) is 0. The van der Waals surface area contributed by atoms with E-state index in [1.54, 1.807) is 41.2 Å². The molecule has 2 unspecified atom stereocenters. The van der Waals surface area contributed by atoms with E-state index >= 15 is 0 Å². The van der Waals surface area contributed by atoms with E-state index < -0.39 is 8.07 Å². The van der Waals surface area contributed by atoms with Crippen molar-refractivity contribution in [2.24, 2.45) is 0 Å². The molecule has 2 aliphatic carbocycles. The van der Waals surface area contributed by atoms with Crippen molar-refractivity contribution in [1.82, 2.24) is 4.57 Å². The average molecular weight is 472 g/mol. The molecule has 0 fully saturated rings. The van der Waals surface area contributed by atoms with Crippen molar-refractivity contribution in [3.8, 4) is 5.69 Å². The first-order valence-electron chi connectivity index (χ1n) is 10.4. The van der Waals surface area contributed by atoms with Gasteiger partial charge in [-0.25, -0.2) is 0 Å². The van der Waals surface area contributed by atoms with Gasteiger partial charge in [0.15, 0.2) is 0 Å². The molecule has 0 radical (unpaired) electrons. The summed E-state index contributed by atoms with van der Waals surface area (Å²) in [6.45, 7) is 9.57. The van der Waals surface area contributed by atoms with Crippen molar-refractivity contribution in [1.29, 1.82) is 0 Å². The Morgan fingerprint density at radius 1 is 0.897 bits per heavy atom. The first-order chi connectivity index (χ1) is 13.9. The Kier molecular flexibility index (Phi) is 4.60. The minimum atomic E-state index is -1.17. The van der Waals surface area contributed by atoms with Crippen LogP contribution < -0.4 is 0 Å². The van der Waals surface area contributed by atoms with Gasteiger partial charge in [-0.05, 0) is 30.7 Å². The summed E-state index contributed by atoms with van der Waals surface area (Å²) in [7, 11) is -1.17. The molecule has 2 bridgehead atoms. The second-order valence-electron chi connectivity index (χ2n) is 8.98. The van der Waals surface area contributed by atoms with Crippen LogP contribution in [0.2, 0.25) is 13.1 Å². The first-order valence-corrected chi connectivity index (χ1v) is 14.9. The molecule has 0 saturated carbocycles. The van der Waals surface area contributed by atoms with Crippen molar-refractivity contribution < 1.29 is 24.7 Å². The van der Waals surface area contributed by atoms with Gasteiger partial charge in [-0.1, -0.05) is 42.1 Å². The molecule has 143 valence electrons. The molecule has 2 aliphatic heterocycles. The number of fused-ring (bicyclic) bond motifs is 1. The van der Waals surface area contributed by atoms with Crippen LogP contribution in [-0.2, 0) is 24.7 Å². The van der Waals surface area contributed by atoms with Crippen LogP contribution in [0.4, 0.5) is 0 Å². The summed E-state index contributed by atoms with van der Waals surface area (Å²) in [5, 5.41) is 1.72. The number of hydrogen-bond acceptors (Lipinski definition) is 0. The quantitative estimate of drug-likeness (QED) is 0.342. The summed E-state index contributed by atoms with van der Waals surface area (Å²) in [5.74, 6) is 0. The van der Waals surface area contributed by atoms with Crippen LogP contribution in [0, 0.1) is 0 Å². The zero-order valence-electron chi connectivity index (χ0n) is 17.5. The van der Waals surface area contributed by atoms with E-state index in [1.807, 2.05) is 0 Å². The molecule has 7 rings (SSSR count). The zero-order valence-corrected chi connectivity index (χ0v) is 21.0. The number of allylic oxidation sites excluding steroid dienone is 2. The molecule has 3 heterocycles. The van der Waals surface area contributed by atoms with Gasteiger partial charge >= 0.3 is 82.3 Å². The Balaban J connectivity index is 0.000000142. The summed E-state index contributed by atoms with van der Waals surface area (Å²) in [6.07, 6.45) is 4.54. The zero-order chi connectivity index (χ0) is 20.3. The molecule has 0 saturated heterocycles. The average Bonchev–Trinajstić information content (AvgIpc) is 3.39. The van der Waals surface area contributed by atoms with Crippen molar-refractivity contribution in [2.75, 3.05) is 0 Å². The van der Waals surface area contributed by atoms with Gasteiger partial charge in [0.1, 0.15) is 0 Å². The van der Waals surface area contributed by atoms with Crippen LogP contribution >= 0.6 is 0 Å². The normalized spacial score (nSPS) is 22.2. The summed E-state index contributed by atoms with van der Waals surface area (Å²) >= 11 is 1.60. The Morgan fingerprint density at radius 3 is 2.28 bits per heavy atom. The van der Waals surface area contributed by atoms with Gasteiger partial charge in [0, 0.05) is 23.1 Å². The third kappa shape index (κ3) is 2.81. The van der Waals surface area contributed by atoms with E-state index in [-0.39, 0.29) is 0 Å². The number of benzene rings is 2. The third-order valence-corrected chi connectivity index (χ3v) is 12.8. The van der Waals surface area contributed by atoms with Gasteiger partial charge in [0.2, 0.25) is 0 Å². The monoisotopic (exact) mass is 470 g/mol. The fraction of sp³-hybridized carbons (Fsp3) is 0.231. The topological polar surface area (TPSA) is 4.93 Å². The van der Waals surface area contributed by atoms with E-state index in [0.29, 0.717) is 0 Å². The van der Waals surface area contributed by atoms with E-state index in [4.69, 9.17) is 0 Å². The summed E-state index contributed by atoms with van der Waals surface area (Å²) in [5.41, 5.74) is 11.2. The maximum absolute atomic E-state index is 2.51. The van der Waals surface area contributed by atoms with Crippen LogP contribution in [0.1, 0.15) is 45.4 Å². The van der Waals surface area contributed by atoms with Crippen LogP contribution in [-0.4, -0.2) is 12.6 Å². The van der Waals surface area contributed by atoms with Crippen molar-refractivity contribution >= 4 is 19.3 Å². The molecule has 2 aromatic carbocycles. The molecule has 0 N–H and O–H groups in total. The molecule has 0 spiro atoms. The molecular weight excluding hydrogens is 446 g/mol. The molecule has 2 atom stereocenters. The fourth-order valence-corrected chi connectivity index (χ4v) is 10.8. The second-order valence-corrected chi connectivity index (χ2v) is 14.9. The number of para-hydroxylation sites is 1. The van der Waals surface area contributed by atoms with E-state index in [9.17, 15) is 0 Å². The first kappa shape index (κ1) is 19.3. The predicted octanol–water partition coefficient (Wildman–Crippen LogP) is 6.84. The van der Waals surface area contributed by atoms with Gasteiger partial charge in [-0.2, -0.15) is 0 Å². The molecular formula is C26H26NSiZr. The predicted molar refractivity (Wildman–Crippen MR) is 121 cm³/mol. The van der Waals surface area contributed by atoms with E-state index in [1.165, 1.54) is 28.0 Å². The van der Waals surface area contributed by atoms with Crippen molar-refractivity contribution in [3.05, 3.63) is 100 Å². The SMILES string of the molecule is CC1=C2c3ccn(-c4ccccc4)c3C1[Si]2(C)C.CC1=Cc2ccccc2[CH]1[Zr]. The van der Waals surface area contributed by atoms with E-state index in [0.717, 1.165) is 9.17 Å². The maximum atomic E-state index is 2.51. The molecule has 3 heteroatoms. The molecule has 29 heavy (non-hydrogen) atoms. The van der Waals surface area contributed by atoms with Crippen LogP contribution in [0.15, 0.2) is 78.0 Å². The molecule has 3 aromatic rings. The standard InChI is InChI=1S/C16H17NSi.C10H9.Zr/c1-11-15-13-9-10-17(12-7-5-4-6-8-12)14(13)16(11)18(15,2)3;1-8-6-9-4-2-3-5-10(9)7-8;/h4-10,16H,1-3H3;2-7H,1H3;. The number of hydrogen-bond donors (Lipinski definition) is 0. The Bertz CT molecular complexity index is 1170. The Morgan fingerprint density at radius 2 is 1.59 bits per heavy atom. The molecule has 1 nitrogen and oxygen atoms in total. The Labute approximate surface area is 190 Å². The van der Waals surface area contributed by atoms with Crippen LogP contribution in [0.25, 0.3) is 17.0 Å². The van der Waals surface area contributed by atoms with Gasteiger partial charge in [-0.3, -0.25) is 0 Å². The summed E-state index contributed by atoms with van der Waals surface area (Å²) in [6, 6.07) is 21.7. The third-order valence-electron chi connectivity index (χ3n) is 6.84. The molecule has 4 aliphatic rings.